The van der Waals surface area contributed by atoms with Crippen molar-refractivity contribution in [2.75, 3.05) is 6.61 Å². The Morgan fingerprint density at radius 3 is 2.96 bits per heavy atom. The van der Waals surface area contributed by atoms with Gasteiger partial charge in [0.25, 0.3) is 0 Å². The number of rotatable bonds is 6. The number of fused-ring (bicyclic) bond motifs is 1. The number of ether oxygens (including phenoxy) is 1. The molecule has 8 nitrogen and oxygen atoms in total. The zero-order valence-corrected chi connectivity index (χ0v) is 12.7. The van der Waals surface area contributed by atoms with Gasteiger partial charge in [0.1, 0.15) is 11.5 Å². The predicted molar refractivity (Wildman–Crippen MR) is 82.4 cm³/mol. The summed E-state index contributed by atoms with van der Waals surface area (Å²) in [5.41, 5.74) is 1.37. The molecule has 3 rings (SSSR count). The van der Waals surface area contributed by atoms with Gasteiger partial charge in [-0.15, -0.1) is 5.10 Å². The Kier molecular flexibility index (Phi) is 4.22. The predicted octanol–water partition coefficient (Wildman–Crippen LogP) is 1.86. The summed E-state index contributed by atoms with van der Waals surface area (Å²) in [5.74, 6) is 0.543. The second-order valence-corrected chi connectivity index (χ2v) is 5.12. The van der Waals surface area contributed by atoms with Gasteiger partial charge in [0.2, 0.25) is 17.2 Å². The van der Waals surface area contributed by atoms with Crippen LogP contribution in [-0.4, -0.2) is 41.8 Å². The van der Waals surface area contributed by atoms with E-state index in [0.717, 1.165) is 12.8 Å². The van der Waals surface area contributed by atoms with Gasteiger partial charge < -0.3 is 14.9 Å². The maximum atomic E-state index is 9.87. The number of phenols is 2. The molecule has 2 heterocycles. The average molecular weight is 315 g/mol. The molecule has 23 heavy (non-hydrogen) atoms. The molecule has 0 fully saturated rings. The highest BCUT2D eigenvalue weighted by Gasteiger charge is 2.12. The number of hydrogen-bond acceptors (Lipinski definition) is 7. The van der Waals surface area contributed by atoms with Gasteiger partial charge in [-0.25, -0.2) is 9.67 Å². The summed E-state index contributed by atoms with van der Waals surface area (Å²) in [7, 11) is 0. The van der Waals surface area contributed by atoms with Crippen LogP contribution in [0.5, 0.6) is 17.4 Å². The Balaban J connectivity index is 1.88. The monoisotopic (exact) mass is 315 g/mol. The first-order valence-corrected chi connectivity index (χ1v) is 7.37. The van der Waals surface area contributed by atoms with E-state index in [1.165, 1.54) is 29.1 Å². The lowest BCUT2D eigenvalue weighted by atomic mass is 10.2. The van der Waals surface area contributed by atoms with Crippen molar-refractivity contribution in [2.24, 2.45) is 0 Å². The van der Waals surface area contributed by atoms with E-state index in [1.807, 2.05) is 0 Å². The zero-order valence-electron chi connectivity index (χ0n) is 12.7. The van der Waals surface area contributed by atoms with Crippen LogP contribution in [0.2, 0.25) is 0 Å². The van der Waals surface area contributed by atoms with Gasteiger partial charge in [-0.05, 0) is 24.6 Å². The molecule has 0 aliphatic carbocycles. The fourth-order valence-electron chi connectivity index (χ4n) is 2.10. The van der Waals surface area contributed by atoms with Crippen LogP contribution < -0.4 is 4.74 Å². The van der Waals surface area contributed by atoms with Crippen LogP contribution in [0.25, 0.3) is 11.3 Å². The Bertz CT molecular complexity index is 818. The summed E-state index contributed by atoms with van der Waals surface area (Å²) in [4.78, 5) is 8.53. The first-order chi connectivity index (χ1) is 11.2. The van der Waals surface area contributed by atoms with E-state index in [2.05, 4.69) is 27.2 Å². The Labute approximate surface area is 132 Å². The normalized spacial score (nSPS) is 11.0. The maximum absolute atomic E-state index is 9.87. The lowest BCUT2D eigenvalue weighted by Crippen LogP contribution is -2.05. The number of unbranched alkanes of at least 4 members (excludes halogenated alkanes) is 1. The van der Waals surface area contributed by atoms with E-state index in [1.54, 1.807) is 0 Å². The number of nitrogens with zero attached hydrogens (tertiary/aromatic N) is 5. The average Bonchev–Trinajstić information content (AvgIpc) is 2.94. The minimum atomic E-state index is 0.0646. The van der Waals surface area contributed by atoms with Gasteiger partial charge in [-0.1, -0.05) is 18.6 Å². The summed E-state index contributed by atoms with van der Waals surface area (Å²) in [5, 5.41) is 27.3. The van der Waals surface area contributed by atoms with Crippen LogP contribution in [0.1, 0.15) is 25.3 Å². The fourth-order valence-corrected chi connectivity index (χ4v) is 2.10. The molecule has 0 aliphatic heterocycles. The molecule has 8 heteroatoms. The molecule has 120 valence electrons. The van der Waals surface area contributed by atoms with Gasteiger partial charge in [0.15, 0.2) is 0 Å². The van der Waals surface area contributed by atoms with Gasteiger partial charge >= 0.3 is 0 Å². The minimum absolute atomic E-state index is 0.0646. The van der Waals surface area contributed by atoms with Crippen molar-refractivity contribution >= 4 is 11.3 Å². The summed E-state index contributed by atoms with van der Waals surface area (Å²) in [6, 6.07) is 4.31. The van der Waals surface area contributed by atoms with E-state index < -0.39 is 0 Å². The molecule has 0 saturated carbocycles. The topological polar surface area (TPSA) is 106 Å². The molecule has 0 amide bonds. The smallest absolute Gasteiger partial charge is 0.234 e. The van der Waals surface area contributed by atoms with Crippen LogP contribution in [0, 0.1) is 0 Å². The third-order valence-electron chi connectivity index (χ3n) is 3.34. The van der Waals surface area contributed by atoms with Crippen LogP contribution in [-0.2, 0) is 6.54 Å². The molecule has 0 bridgehead atoms. The highest BCUT2D eigenvalue weighted by molar-refractivity contribution is 5.64. The lowest BCUT2D eigenvalue weighted by Gasteiger charge is -2.06. The largest absolute Gasteiger partial charge is 0.508 e. The standard InChI is InChI=1S/C15H17N5O3/c1-2-3-6-23-13-8-16-14-15(17-13)20(19-18-14)9-10-7-11(21)4-5-12(10)22/h4-5,7-8,21-22H,2-3,6,9H2,1H3. The molecular weight excluding hydrogens is 298 g/mol. The molecule has 2 N–H and O–H groups in total. The molecule has 1 aromatic carbocycles. The third-order valence-corrected chi connectivity index (χ3v) is 3.34. The SMILES string of the molecule is CCCCOc1cnc2nnn(Cc3cc(O)ccc3O)c2n1. The van der Waals surface area contributed by atoms with Gasteiger partial charge in [0, 0.05) is 5.56 Å². The minimum Gasteiger partial charge on any atom is -0.508 e. The van der Waals surface area contributed by atoms with E-state index in [0.29, 0.717) is 29.3 Å². The Morgan fingerprint density at radius 2 is 2.13 bits per heavy atom. The van der Waals surface area contributed by atoms with E-state index in [-0.39, 0.29) is 18.0 Å². The molecule has 2 aromatic heterocycles. The van der Waals surface area contributed by atoms with Crippen LogP contribution in [0.15, 0.2) is 24.4 Å². The zero-order chi connectivity index (χ0) is 16.2. The number of aromatic nitrogens is 5. The van der Waals surface area contributed by atoms with E-state index >= 15 is 0 Å². The van der Waals surface area contributed by atoms with Crippen LogP contribution >= 0.6 is 0 Å². The summed E-state index contributed by atoms with van der Waals surface area (Å²) < 4.78 is 7.04. The summed E-state index contributed by atoms with van der Waals surface area (Å²) >= 11 is 0. The van der Waals surface area contributed by atoms with Crippen molar-refractivity contribution in [3.05, 3.63) is 30.0 Å². The Morgan fingerprint density at radius 1 is 1.26 bits per heavy atom. The highest BCUT2D eigenvalue weighted by atomic mass is 16.5. The second-order valence-electron chi connectivity index (χ2n) is 5.12. The second kappa shape index (κ2) is 6.47. The van der Waals surface area contributed by atoms with E-state index in [9.17, 15) is 10.2 Å². The van der Waals surface area contributed by atoms with Crippen molar-refractivity contribution in [2.45, 2.75) is 26.3 Å². The van der Waals surface area contributed by atoms with Crippen molar-refractivity contribution in [3.8, 4) is 17.4 Å². The van der Waals surface area contributed by atoms with E-state index in [4.69, 9.17) is 4.74 Å². The molecule has 0 saturated heterocycles. The quantitative estimate of drug-likeness (QED) is 0.528. The molecular formula is C15H17N5O3. The van der Waals surface area contributed by atoms with Gasteiger partial charge in [-0.3, -0.25) is 0 Å². The molecule has 0 atom stereocenters. The molecule has 0 aliphatic rings. The molecule has 0 radical (unpaired) electrons. The van der Waals surface area contributed by atoms with Gasteiger partial charge in [0.05, 0.1) is 19.3 Å². The molecule has 3 aromatic rings. The van der Waals surface area contributed by atoms with Crippen molar-refractivity contribution in [1.82, 2.24) is 25.0 Å². The first kappa shape index (κ1) is 15.0. The number of benzene rings is 1. The van der Waals surface area contributed by atoms with Crippen molar-refractivity contribution in [1.29, 1.82) is 0 Å². The van der Waals surface area contributed by atoms with Crippen LogP contribution in [0.4, 0.5) is 0 Å². The van der Waals surface area contributed by atoms with Gasteiger partial charge in [-0.2, -0.15) is 4.98 Å². The number of phenolic OH excluding ortho intramolecular Hbond substituents is 2. The summed E-state index contributed by atoms with van der Waals surface area (Å²) in [6.45, 7) is 2.87. The number of hydrogen-bond donors (Lipinski definition) is 2. The Hall–Kier alpha value is -2.90. The van der Waals surface area contributed by atoms with Crippen LogP contribution in [0.3, 0.4) is 0 Å². The first-order valence-electron chi connectivity index (χ1n) is 7.37. The molecule has 0 unspecified atom stereocenters. The number of aromatic hydroxyl groups is 2. The highest BCUT2D eigenvalue weighted by Crippen LogP contribution is 2.23. The molecule has 0 spiro atoms. The van der Waals surface area contributed by atoms with Crippen molar-refractivity contribution in [3.63, 3.8) is 0 Å². The van der Waals surface area contributed by atoms with Crippen molar-refractivity contribution < 1.29 is 14.9 Å². The fraction of sp³-hybridized carbons (Fsp3) is 0.333. The lowest BCUT2D eigenvalue weighted by molar-refractivity contribution is 0.297. The third kappa shape index (κ3) is 3.31. The summed E-state index contributed by atoms with van der Waals surface area (Å²) in [6.07, 6.45) is 3.49. The maximum Gasteiger partial charge on any atom is 0.234 e.